The summed E-state index contributed by atoms with van der Waals surface area (Å²) in [5.41, 5.74) is 0.123. The third kappa shape index (κ3) is 1.53. The Morgan fingerprint density at radius 1 is 1.56 bits per heavy atom. The summed E-state index contributed by atoms with van der Waals surface area (Å²) in [6, 6.07) is 0. The van der Waals surface area contributed by atoms with Gasteiger partial charge >= 0.3 is 6.09 Å². The maximum atomic E-state index is 11.5. The van der Waals surface area contributed by atoms with Crippen LogP contribution in [0.15, 0.2) is 17.3 Å². The fraction of sp³-hybridized carbons (Fsp3) is 0.400. The van der Waals surface area contributed by atoms with Crippen molar-refractivity contribution in [1.29, 1.82) is 0 Å². The number of nitrogens with one attached hydrogen (secondary N) is 1. The van der Waals surface area contributed by atoms with Gasteiger partial charge in [-0.1, -0.05) is 0 Å². The summed E-state index contributed by atoms with van der Waals surface area (Å²) in [5.74, 6) is 0.623. The van der Waals surface area contributed by atoms with Gasteiger partial charge in [0.1, 0.15) is 12.2 Å². The summed E-state index contributed by atoms with van der Waals surface area (Å²) in [7, 11) is 0. The molecule has 3 rings (SSSR count). The van der Waals surface area contributed by atoms with Gasteiger partial charge in [0.2, 0.25) is 0 Å². The predicted octanol–water partition coefficient (Wildman–Crippen LogP) is -0.115. The van der Waals surface area contributed by atoms with Crippen LogP contribution in [0.1, 0.15) is 18.2 Å². The number of amides is 1. The molecule has 0 spiro atoms. The molecule has 2 aromatic heterocycles. The van der Waals surface area contributed by atoms with Crippen molar-refractivity contribution in [2.24, 2.45) is 0 Å². The second kappa shape index (κ2) is 3.83. The standard InChI is InChI=1S/C10H11N5O3/c16-9-7-3-11-8(15(7)13-5-12-9)6-1-2-14(4-6)10(17)18/h3,5-6H,1-2,4H2,(H,17,18)(H,12,13,16). The van der Waals surface area contributed by atoms with Gasteiger partial charge in [-0.05, 0) is 6.42 Å². The third-order valence-corrected chi connectivity index (χ3v) is 3.19. The molecule has 0 aromatic carbocycles. The zero-order valence-electron chi connectivity index (χ0n) is 9.41. The monoisotopic (exact) mass is 249 g/mol. The number of hydrogen-bond acceptors (Lipinski definition) is 4. The number of rotatable bonds is 1. The molecule has 0 saturated carbocycles. The second-order valence-corrected chi connectivity index (χ2v) is 4.25. The van der Waals surface area contributed by atoms with Crippen molar-refractivity contribution in [2.75, 3.05) is 13.1 Å². The lowest BCUT2D eigenvalue weighted by atomic mass is 10.1. The highest BCUT2D eigenvalue weighted by molar-refractivity contribution is 5.65. The van der Waals surface area contributed by atoms with E-state index in [-0.39, 0.29) is 11.5 Å². The summed E-state index contributed by atoms with van der Waals surface area (Å²) in [6.45, 7) is 0.876. The van der Waals surface area contributed by atoms with E-state index in [4.69, 9.17) is 5.11 Å². The molecule has 1 atom stereocenters. The van der Waals surface area contributed by atoms with Crippen molar-refractivity contribution in [3.8, 4) is 0 Å². The van der Waals surface area contributed by atoms with Crippen molar-refractivity contribution in [1.82, 2.24) is 24.5 Å². The van der Waals surface area contributed by atoms with Crippen LogP contribution in [0.3, 0.4) is 0 Å². The van der Waals surface area contributed by atoms with Crippen molar-refractivity contribution < 1.29 is 9.90 Å². The summed E-state index contributed by atoms with van der Waals surface area (Å²) in [5, 5.41) is 13.0. The van der Waals surface area contributed by atoms with Crippen molar-refractivity contribution in [3.05, 3.63) is 28.7 Å². The fourth-order valence-corrected chi connectivity index (χ4v) is 2.28. The molecule has 8 nitrogen and oxygen atoms in total. The number of likely N-dealkylation sites (tertiary alicyclic amines) is 1. The Morgan fingerprint density at radius 3 is 3.11 bits per heavy atom. The summed E-state index contributed by atoms with van der Waals surface area (Å²) in [6.07, 6.45) is 2.54. The first-order chi connectivity index (χ1) is 8.66. The summed E-state index contributed by atoms with van der Waals surface area (Å²) in [4.78, 5) is 30.4. The number of fused-ring (bicyclic) bond motifs is 1. The van der Waals surface area contributed by atoms with Crippen LogP contribution in [-0.4, -0.2) is 48.8 Å². The van der Waals surface area contributed by atoms with Crippen LogP contribution >= 0.6 is 0 Å². The van der Waals surface area contributed by atoms with Crippen molar-refractivity contribution in [3.63, 3.8) is 0 Å². The van der Waals surface area contributed by atoms with Gasteiger partial charge < -0.3 is 15.0 Å². The highest BCUT2D eigenvalue weighted by Crippen LogP contribution is 2.25. The molecule has 1 saturated heterocycles. The number of nitrogens with zero attached hydrogens (tertiary/aromatic N) is 4. The van der Waals surface area contributed by atoms with Crippen LogP contribution in [0.4, 0.5) is 4.79 Å². The van der Waals surface area contributed by atoms with Gasteiger partial charge in [-0.2, -0.15) is 5.10 Å². The fourth-order valence-electron chi connectivity index (χ4n) is 2.28. The number of aromatic amines is 1. The second-order valence-electron chi connectivity index (χ2n) is 4.25. The third-order valence-electron chi connectivity index (χ3n) is 3.19. The minimum absolute atomic E-state index is 0.0158. The lowest BCUT2D eigenvalue weighted by Gasteiger charge is -2.11. The maximum absolute atomic E-state index is 11.5. The molecule has 1 fully saturated rings. The smallest absolute Gasteiger partial charge is 0.407 e. The van der Waals surface area contributed by atoms with E-state index in [1.807, 2.05) is 0 Å². The van der Waals surface area contributed by atoms with E-state index in [0.29, 0.717) is 30.9 Å². The molecule has 0 radical (unpaired) electrons. The van der Waals surface area contributed by atoms with E-state index >= 15 is 0 Å². The highest BCUT2D eigenvalue weighted by atomic mass is 16.4. The quantitative estimate of drug-likeness (QED) is 0.733. The van der Waals surface area contributed by atoms with E-state index in [1.54, 1.807) is 0 Å². The average molecular weight is 249 g/mol. The Hall–Kier alpha value is -2.38. The molecule has 2 N–H and O–H groups in total. The Balaban J connectivity index is 1.99. The number of carbonyl (C=O) groups is 1. The number of aromatic nitrogens is 4. The van der Waals surface area contributed by atoms with Crippen LogP contribution in [0, 0.1) is 0 Å². The van der Waals surface area contributed by atoms with Gasteiger partial charge in [-0.3, -0.25) is 4.79 Å². The number of hydrogen-bond donors (Lipinski definition) is 2. The zero-order chi connectivity index (χ0) is 12.7. The Labute approximate surface area is 101 Å². The van der Waals surface area contributed by atoms with E-state index < -0.39 is 6.09 Å². The molecule has 1 aliphatic heterocycles. The molecule has 1 unspecified atom stereocenters. The van der Waals surface area contributed by atoms with Crippen molar-refractivity contribution >= 4 is 11.6 Å². The largest absolute Gasteiger partial charge is 0.465 e. The first kappa shape index (κ1) is 10.8. The van der Waals surface area contributed by atoms with E-state index in [0.717, 1.165) is 0 Å². The van der Waals surface area contributed by atoms with Crippen LogP contribution in [0.5, 0.6) is 0 Å². The van der Waals surface area contributed by atoms with E-state index in [1.165, 1.54) is 21.9 Å². The molecule has 0 bridgehead atoms. The van der Waals surface area contributed by atoms with Gasteiger partial charge in [-0.15, -0.1) is 0 Å². The van der Waals surface area contributed by atoms with Gasteiger partial charge in [0, 0.05) is 19.0 Å². The lowest BCUT2D eigenvalue weighted by molar-refractivity contribution is 0.155. The molecule has 8 heteroatoms. The number of carboxylic acid groups (broad SMARTS) is 1. The van der Waals surface area contributed by atoms with E-state index in [9.17, 15) is 9.59 Å². The molecular formula is C10H11N5O3. The molecular weight excluding hydrogens is 238 g/mol. The molecule has 18 heavy (non-hydrogen) atoms. The molecule has 1 aliphatic rings. The zero-order valence-corrected chi connectivity index (χ0v) is 9.41. The molecule has 3 heterocycles. The Bertz CT molecular complexity index is 661. The van der Waals surface area contributed by atoms with Gasteiger partial charge in [0.25, 0.3) is 5.56 Å². The number of imidazole rings is 1. The SMILES string of the molecule is O=C(O)N1CCC(c2ncc3c(=O)[nH]cnn23)C1. The van der Waals surface area contributed by atoms with Gasteiger partial charge in [-0.25, -0.2) is 14.3 Å². The normalized spacial score (nSPS) is 19.6. The summed E-state index contributed by atoms with van der Waals surface area (Å²) < 4.78 is 1.48. The minimum atomic E-state index is -0.927. The first-order valence-electron chi connectivity index (χ1n) is 5.56. The molecule has 0 aliphatic carbocycles. The first-order valence-corrected chi connectivity index (χ1v) is 5.56. The average Bonchev–Trinajstić information content (AvgIpc) is 2.94. The minimum Gasteiger partial charge on any atom is -0.465 e. The lowest BCUT2D eigenvalue weighted by Crippen LogP contribution is -2.26. The van der Waals surface area contributed by atoms with Gasteiger partial charge in [0.15, 0.2) is 5.52 Å². The maximum Gasteiger partial charge on any atom is 0.407 e. The topological polar surface area (TPSA) is 104 Å². The Morgan fingerprint density at radius 2 is 2.39 bits per heavy atom. The highest BCUT2D eigenvalue weighted by Gasteiger charge is 2.30. The number of H-pyrrole nitrogens is 1. The van der Waals surface area contributed by atoms with Crippen molar-refractivity contribution in [2.45, 2.75) is 12.3 Å². The van der Waals surface area contributed by atoms with E-state index in [2.05, 4.69) is 15.1 Å². The molecule has 2 aromatic rings. The van der Waals surface area contributed by atoms with Crippen LogP contribution in [0.2, 0.25) is 0 Å². The Kier molecular flexibility index (Phi) is 2.29. The molecule has 94 valence electrons. The van der Waals surface area contributed by atoms with Crippen LogP contribution < -0.4 is 5.56 Å². The van der Waals surface area contributed by atoms with Crippen LogP contribution in [0.25, 0.3) is 5.52 Å². The molecule has 1 amide bonds. The summed E-state index contributed by atoms with van der Waals surface area (Å²) >= 11 is 0. The van der Waals surface area contributed by atoms with Gasteiger partial charge in [0.05, 0.1) is 6.20 Å². The predicted molar refractivity (Wildman–Crippen MR) is 60.6 cm³/mol. The van der Waals surface area contributed by atoms with Crippen LogP contribution in [-0.2, 0) is 0 Å².